The first-order valence-corrected chi connectivity index (χ1v) is 5.67. The van der Waals surface area contributed by atoms with Crippen LogP contribution in [0.15, 0.2) is 18.2 Å². The van der Waals surface area contributed by atoms with Gasteiger partial charge in [-0.05, 0) is 25.0 Å². The summed E-state index contributed by atoms with van der Waals surface area (Å²) in [6.07, 6.45) is 0. The van der Waals surface area contributed by atoms with Crippen molar-refractivity contribution in [2.75, 3.05) is 6.61 Å². The van der Waals surface area contributed by atoms with Crippen LogP contribution < -0.4 is 5.32 Å². The second-order valence-corrected chi connectivity index (χ2v) is 4.46. The molecule has 1 atom stereocenters. The minimum absolute atomic E-state index is 0.0960. The Bertz CT molecular complexity index is 402. The van der Waals surface area contributed by atoms with Crippen LogP contribution in [-0.2, 0) is 0 Å². The smallest absolute Gasteiger partial charge is 0.251 e. The number of amides is 1. The Morgan fingerprint density at radius 1 is 1.41 bits per heavy atom. The van der Waals surface area contributed by atoms with Crippen LogP contribution in [0, 0.1) is 12.8 Å². The van der Waals surface area contributed by atoms with E-state index in [2.05, 4.69) is 5.32 Å². The number of aromatic hydroxyl groups is 1. The third kappa shape index (κ3) is 3.20. The van der Waals surface area contributed by atoms with Gasteiger partial charge in [0.05, 0.1) is 12.6 Å². The van der Waals surface area contributed by atoms with Crippen molar-refractivity contribution in [1.82, 2.24) is 5.32 Å². The Morgan fingerprint density at radius 2 is 2.06 bits per heavy atom. The summed E-state index contributed by atoms with van der Waals surface area (Å²) in [6, 6.07) is 4.54. The van der Waals surface area contributed by atoms with Gasteiger partial charge in [-0.2, -0.15) is 0 Å². The van der Waals surface area contributed by atoms with E-state index in [1.807, 2.05) is 13.8 Å². The first-order chi connectivity index (χ1) is 7.97. The molecule has 0 spiro atoms. The van der Waals surface area contributed by atoms with E-state index in [0.717, 1.165) is 0 Å². The Balaban J connectivity index is 2.86. The summed E-state index contributed by atoms with van der Waals surface area (Å²) in [5, 5.41) is 21.4. The van der Waals surface area contributed by atoms with E-state index < -0.39 is 0 Å². The third-order valence-electron chi connectivity index (χ3n) is 2.87. The third-order valence-corrected chi connectivity index (χ3v) is 2.87. The van der Waals surface area contributed by atoms with Crippen molar-refractivity contribution in [3.63, 3.8) is 0 Å². The van der Waals surface area contributed by atoms with Crippen LogP contribution in [0.5, 0.6) is 5.75 Å². The van der Waals surface area contributed by atoms with Gasteiger partial charge in [-0.3, -0.25) is 4.79 Å². The number of phenols is 1. The lowest BCUT2D eigenvalue weighted by Crippen LogP contribution is -2.41. The summed E-state index contributed by atoms with van der Waals surface area (Å²) in [7, 11) is 0. The zero-order chi connectivity index (χ0) is 13.0. The van der Waals surface area contributed by atoms with Gasteiger partial charge in [0.1, 0.15) is 5.75 Å². The normalized spacial score (nSPS) is 12.5. The molecule has 0 aliphatic rings. The molecular formula is C13H19NO3. The summed E-state index contributed by atoms with van der Waals surface area (Å²) < 4.78 is 0. The van der Waals surface area contributed by atoms with Crippen molar-refractivity contribution in [3.05, 3.63) is 29.3 Å². The van der Waals surface area contributed by atoms with E-state index in [1.165, 1.54) is 6.07 Å². The summed E-state index contributed by atoms with van der Waals surface area (Å²) in [5.41, 5.74) is 0.981. The molecule has 0 saturated carbocycles. The highest BCUT2D eigenvalue weighted by atomic mass is 16.3. The van der Waals surface area contributed by atoms with Crippen molar-refractivity contribution < 1.29 is 15.0 Å². The van der Waals surface area contributed by atoms with Gasteiger partial charge in [0.15, 0.2) is 0 Å². The number of carbonyl (C=O) groups is 1. The van der Waals surface area contributed by atoms with Crippen LogP contribution >= 0.6 is 0 Å². The highest BCUT2D eigenvalue weighted by molar-refractivity contribution is 5.96. The van der Waals surface area contributed by atoms with Gasteiger partial charge in [0.2, 0.25) is 0 Å². The number of hydrogen-bond acceptors (Lipinski definition) is 3. The maximum Gasteiger partial charge on any atom is 0.251 e. The van der Waals surface area contributed by atoms with Gasteiger partial charge in [0, 0.05) is 11.1 Å². The average molecular weight is 237 g/mol. The van der Waals surface area contributed by atoms with Crippen molar-refractivity contribution in [1.29, 1.82) is 0 Å². The van der Waals surface area contributed by atoms with Crippen LogP contribution in [-0.4, -0.2) is 28.8 Å². The lowest BCUT2D eigenvalue weighted by atomic mass is 10.0. The predicted molar refractivity (Wildman–Crippen MR) is 66.0 cm³/mol. The molecule has 1 rings (SSSR count). The predicted octanol–water partition coefficient (Wildman–Crippen LogP) is 1.45. The molecule has 4 nitrogen and oxygen atoms in total. The van der Waals surface area contributed by atoms with Gasteiger partial charge >= 0.3 is 0 Å². The fourth-order valence-corrected chi connectivity index (χ4v) is 1.54. The van der Waals surface area contributed by atoms with E-state index in [9.17, 15) is 9.90 Å². The summed E-state index contributed by atoms with van der Waals surface area (Å²) in [4.78, 5) is 12.0. The van der Waals surface area contributed by atoms with Crippen LogP contribution in [0.4, 0.5) is 0 Å². The maximum absolute atomic E-state index is 12.0. The van der Waals surface area contributed by atoms with Crippen molar-refractivity contribution in [3.8, 4) is 5.75 Å². The zero-order valence-electron chi connectivity index (χ0n) is 10.4. The van der Waals surface area contributed by atoms with Gasteiger partial charge in [-0.25, -0.2) is 0 Å². The second kappa shape index (κ2) is 5.68. The number of rotatable bonds is 4. The molecule has 0 aliphatic heterocycles. The number of aliphatic hydroxyl groups excluding tert-OH is 1. The van der Waals surface area contributed by atoms with Gasteiger partial charge in [0.25, 0.3) is 5.91 Å². The summed E-state index contributed by atoms with van der Waals surface area (Å²) in [6.45, 7) is 5.45. The summed E-state index contributed by atoms with van der Waals surface area (Å²) >= 11 is 0. The standard InChI is InChI=1S/C13H19NO3/c1-8(2)11(7-15)14-13(17)10-5-4-6-12(16)9(10)3/h4-6,8,11,15-16H,7H2,1-3H3,(H,14,17). The molecule has 0 fully saturated rings. The molecule has 1 aromatic rings. The molecule has 1 amide bonds. The minimum atomic E-state index is -0.274. The van der Waals surface area contributed by atoms with E-state index in [-0.39, 0.29) is 30.2 Å². The van der Waals surface area contributed by atoms with Crippen LogP contribution in [0.2, 0.25) is 0 Å². The molecule has 3 N–H and O–H groups in total. The largest absolute Gasteiger partial charge is 0.508 e. The fraction of sp³-hybridized carbons (Fsp3) is 0.462. The molecule has 94 valence electrons. The molecule has 1 aromatic carbocycles. The Morgan fingerprint density at radius 3 is 2.59 bits per heavy atom. The Kier molecular flexibility index (Phi) is 4.52. The monoisotopic (exact) mass is 237 g/mol. The topological polar surface area (TPSA) is 69.6 Å². The Hall–Kier alpha value is -1.55. The number of benzene rings is 1. The van der Waals surface area contributed by atoms with Gasteiger partial charge in [-0.15, -0.1) is 0 Å². The van der Waals surface area contributed by atoms with E-state index in [0.29, 0.717) is 11.1 Å². The number of nitrogens with one attached hydrogen (secondary N) is 1. The number of aliphatic hydroxyl groups is 1. The number of phenolic OH excluding ortho intramolecular Hbond substituents is 1. The minimum Gasteiger partial charge on any atom is -0.508 e. The second-order valence-electron chi connectivity index (χ2n) is 4.46. The Labute approximate surface area is 101 Å². The molecular weight excluding hydrogens is 218 g/mol. The van der Waals surface area contributed by atoms with Gasteiger partial charge in [-0.1, -0.05) is 19.9 Å². The molecule has 0 aromatic heterocycles. The van der Waals surface area contributed by atoms with Crippen molar-refractivity contribution in [2.24, 2.45) is 5.92 Å². The van der Waals surface area contributed by atoms with Crippen molar-refractivity contribution >= 4 is 5.91 Å². The molecule has 0 radical (unpaired) electrons. The molecule has 17 heavy (non-hydrogen) atoms. The first-order valence-electron chi connectivity index (χ1n) is 5.67. The number of hydrogen-bond donors (Lipinski definition) is 3. The maximum atomic E-state index is 12.0. The molecule has 0 saturated heterocycles. The van der Waals surface area contributed by atoms with E-state index >= 15 is 0 Å². The zero-order valence-corrected chi connectivity index (χ0v) is 10.4. The fourth-order valence-electron chi connectivity index (χ4n) is 1.54. The number of carbonyl (C=O) groups excluding carboxylic acids is 1. The SMILES string of the molecule is Cc1c(O)cccc1C(=O)NC(CO)C(C)C. The van der Waals surface area contributed by atoms with Gasteiger partial charge < -0.3 is 15.5 Å². The van der Waals surface area contributed by atoms with Crippen molar-refractivity contribution in [2.45, 2.75) is 26.8 Å². The first kappa shape index (κ1) is 13.5. The van der Waals surface area contributed by atoms with E-state index in [1.54, 1.807) is 19.1 Å². The molecule has 0 bridgehead atoms. The molecule has 0 heterocycles. The quantitative estimate of drug-likeness (QED) is 0.742. The lowest BCUT2D eigenvalue weighted by molar-refractivity contribution is 0.0896. The lowest BCUT2D eigenvalue weighted by Gasteiger charge is -2.20. The highest BCUT2D eigenvalue weighted by Crippen LogP contribution is 2.19. The molecule has 0 aliphatic carbocycles. The molecule has 1 unspecified atom stereocenters. The van der Waals surface area contributed by atoms with Crippen LogP contribution in [0.1, 0.15) is 29.8 Å². The van der Waals surface area contributed by atoms with Crippen LogP contribution in [0.25, 0.3) is 0 Å². The average Bonchev–Trinajstić information content (AvgIpc) is 2.28. The molecule has 4 heteroatoms. The van der Waals surface area contributed by atoms with Crippen LogP contribution in [0.3, 0.4) is 0 Å². The highest BCUT2D eigenvalue weighted by Gasteiger charge is 2.18. The summed E-state index contributed by atoms with van der Waals surface area (Å²) in [5.74, 6) is -0.0181. The van der Waals surface area contributed by atoms with E-state index in [4.69, 9.17) is 5.11 Å².